The van der Waals surface area contributed by atoms with E-state index < -0.39 is 0 Å². The maximum Gasteiger partial charge on any atom is 0.322 e. The lowest BCUT2D eigenvalue weighted by molar-refractivity contribution is 0.206. The second-order valence-corrected chi connectivity index (χ2v) is 7.79. The van der Waals surface area contributed by atoms with Gasteiger partial charge >= 0.3 is 6.03 Å². The standard InChI is InChI=1S/C21H24N6O2/c1-3-13-5-4-6-15(11-13)22-21(28)27-10-9-17-16(12-27)18(24-26(17)2)20-23-19(25-29-20)14-7-8-14/h4-6,11,14H,3,7-10,12H2,1-2H3,(H,22,28). The lowest BCUT2D eigenvalue weighted by atomic mass is 10.1. The van der Waals surface area contributed by atoms with E-state index in [1.165, 1.54) is 5.56 Å². The van der Waals surface area contributed by atoms with Crippen LogP contribution >= 0.6 is 0 Å². The molecular weight excluding hydrogens is 368 g/mol. The van der Waals surface area contributed by atoms with Gasteiger partial charge in [-0.15, -0.1) is 0 Å². The normalized spacial score (nSPS) is 16.0. The van der Waals surface area contributed by atoms with Gasteiger partial charge in [0.2, 0.25) is 0 Å². The zero-order chi connectivity index (χ0) is 20.0. The molecule has 8 heteroatoms. The molecule has 1 saturated carbocycles. The first-order valence-corrected chi connectivity index (χ1v) is 10.2. The van der Waals surface area contributed by atoms with E-state index in [9.17, 15) is 4.79 Å². The highest BCUT2D eigenvalue weighted by Gasteiger charge is 2.32. The van der Waals surface area contributed by atoms with Crippen LogP contribution in [0.15, 0.2) is 28.8 Å². The molecule has 0 saturated heterocycles. The van der Waals surface area contributed by atoms with Gasteiger partial charge in [0.1, 0.15) is 0 Å². The van der Waals surface area contributed by atoms with Crippen molar-refractivity contribution < 1.29 is 9.32 Å². The Hall–Kier alpha value is -3.16. The maximum absolute atomic E-state index is 12.9. The molecule has 0 spiro atoms. The molecule has 5 rings (SSSR count). The van der Waals surface area contributed by atoms with Crippen LogP contribution in [0.4, 0.5) is 10.5 Å². The molecule has 0 radical (unpaired) electrons. The van der Waals surface area contributed by atoms with Crippen molar-refractivity contribution in [2.75, 3.05) is 11.9 Å². The Bertz CT molecular complexity index is 1070. The summed E-state index contributed by atoms with van der Waals surface area (Å²) in [6.45, 7) is 3.21. The van der Waals surface area contributed by atoms with E-state index in [1.54, 1.807) is 0 Å². The molecule has 3 aromatic rings. The molecule has 0 unspecified atom stereocenters. The van der Waals surface area contributed by atoms with Crippen molar-refractivity contribution in [1.82, 2.24) is 24.8 Å². The minimum atomic E-state index is -0.108. The second-order valence-electron chi connectivity index (χ2n) is 7.79. The molecule has 2 aliphatic rings. The van der Waals surface area contributed by atoms with Crippen LogP contribution in [-0.2, 0) is 26.4 Å². The molecular formula is C21H24N6O2. The predicted molar refractivity (Wildman–Crippen MR) is 107 cm³/mol. The second kappa shape index (κ2) is 7.02. The molecule has 1 aromatic carbocycles. The van der Waals surface area contributed by atoms with Crippen LogP contribution in [0.25, 0.3) is 11.6 Å². The first-order valence-electron chi connectivity index (χ1n) is 10.2. The molecule has 8 nitrogen and oxygen atoms in total. The number of fused-ring (bicyclic) bond motifs is 1. The van der Waals surface area contributed by atoms with E-state index in [0.717, 1.165) is 48.5 Å². The number of hydrogen-bond acceptors (Lipinski definition) is 5. The topological polar surface area (TPSA) is 89.1 Å². The number of nitrogens with one attached hydrogen (secondary N) is 1. The summed E-state index contributed by atoms with van der Waals surface area (Å²) in [4.78, 5) is 19.2. The first kappa shape index (κ1) is 17.9. The molecule has 0 atom stereocenters. The molecule has 1 aliphatic heterocycles. The van der Waals surface area contributed by atoms with Crippen molar-refractivity contribution in [3.63, 3.8) is 0 Å². The summed E-state index contributed by atoms with van der Waals surface area (Å²) in [5, 5.41) is 11.7. The summed E-state index contributed by atoms with van der Waals surface area (Å²) >= 11 is 0. The van der Waals surface area contributed by atoms with Crippen LogP contribution in [0, 0.1) is 0 Å². The Morgan fingerprint density at radius 1 is 1.34 bits per heavy atom. The average molecular weight is 392 g/mol. The van der Waals surface area contributed by atoms with Gasteiger partial charge in [-0.2, -0.15) is 10.1 Å². The van der Waals surface area contributed by atoms with Gasteiger partial charge in [0.15, 0.2) is 11.5 Å². The summed E-state index contributed by atoms with van der Waals surface area (Å²) in [5.41, 5.74) is 4.80. The SMILES string of the molecule is CCc1cccc(NC(=O)N2CCc3c(c(-c4nc(C5CC5)no4)nn3C)C2)c1. The van der Waals surface area contributed by atoms with E-state index in [1.807, 2.05) is 34.8 Å². The van der Waals surface area contributed by atoms with Gasteiger partial charge in [-0.05, 0) is 37.0 Å². The molecule has 0 bridgehead atoms. The summed E-state index contributed by atoms with van der Waals surface area (Å²) in [6.07, 6.45) is 3.91. The number of benzene rings is 1. The van der Waals surface area contributed by atoms with E-state index in [4.69, 9.17) is 4.52 Å². The van der Waals surface area contributed by atoms with E-state index >= 15 is 0 Å². The number of hydrogen-bond donors (Lipinski definition) is 1. The summed E-state index contributed by atoms with van der Waals surface area (Å²) < 4.78 is 7.36. The zero-order valence-electron chi connectivity index (χ0n) is 16.7. The van der Waals surface area contributed by atoms with Crippen molar-refractivity contribution in [1.29, 1.82) is 0 Å². The van der Waals surface area contributed by atoms with Crippen molar-refractivity contribution in [2.45, 2.75) is 45.1 Å². The van der Waals surface area contributed by atoms with Gasteiger partial charge in [-0.3, -0.25) is 4.68 Å². The fourth-order valence-corrected chi connectivity index (χ4v) is 3.85. The molecule has 3 heterocycles. The van der Waals surface area contributed by atoms with Crippen LogP contribution in [0.2, 0.25) is 0 Å². The molecule has 1 fully saturated rings. The van der Waals surface area contributed by atoms with Gasteiger partial charge in [-0.1, -0.05) is 24.2 Å². The number of urea groups is 1. The van der Waals surface area contributed by atoms with E-state index in [-0.39, 0.29) is 6.03 Å². The highest BCUT2D eigenvalue weighted by atomic mass is 16.5. The Morgan fingerprint density at radius 2 is 2.21 bits per heavy atom. The third-order valence-corrected chi connectivity index (χ3v) is 5.70. The Labute approximate surface area is 168 Å². The average Bonchev–Trinajstić information content (AvgIpc) is 3.38. The van der Waals surface area contributed by atoms with Crippen LogP contribution in [-0.4, -0.2) is 37.4 Å². The largest absolute Gasteiger partial charge is 0.332 e. The predicted octanol–water partition coefficient (Wildman–Crippen LogP) is 3.50. The molecule has 29 heavy (non-hydrogen) atoms. The summed E-state index contributed by atoms with van der Waals surface area (Å²) in [7, 11) is 1.92. The fraction of sp³-hybridized carbons (Fsp3) is 0.429. The third-order valence-electron chi connectivity index (χ3n) is 5.70. The number of nitrogens with zero attached hydrogens (tertiary/aromatic N) is 5. The molecule has 150 valence electrons. The van der Waals surface area contributed by atoms with Gasteiger partial charge in [-0.25, -0.2) is 4.79 Å². The highest BCUT2D eigenvalue weighted by molar-refractivity contribution is 5.89. The van der Waals surface area contributed by atoms with Gasteiger partial charge in [0, 0.05) is 42.9 Å². The third kappa shape index (κ3) is 3.39. The molecule has 1 aliphatic carbocycles. The number of aromatic nitrogens is 4. The first-order chi connectivity index (χ1) is 14.1. The number of aryl methyl sites for hydroxylation is 2. The monoisotopic (exact) mass is 392 g/mol. The Kier molecular flexibility index (Phi) is 4.34. The quantitative estimate of drug-likeness (QED) is 0.734. The molecule has 1 N–H and O–H groups in total. The van der Waals surface area contributed by atoms with Gasteiger partial charge < -0.3 is 14.7 Å². The van der Waals surface area contributed by atoms with Crippen molar-refractivity contribution in [3.05, 3.63) is 46.9 Å². The minimum Gasteiger partial charge on any atom is -0.332 e. The van der Waals surface area contributed by atoms with Crippen LogP contribution in [0.3, 0.4) is 0 Å². The maximum atomic E-state index is 12.9. The smallest absolute Gasteiger partial charge is 0.322 e. The summed E-state index contributed by atoms with van der Waals surface area (Å²) in [5.74, 6) is 1.63. The lowest BCUT2D eigenvalue weighted by Crippen LogP contribution is -2.39. The lowest BCUT2D eigenvalue weighted by Gasteiger charge is -2.27. The Balaban J connectivity index is 1.37. The number of amides is 2. The number of carbonyl (C=O) groups is 1. The van der Waals surface area contributed by atoms with Crippen LogP contribution in [0.1, 0.15) is 48.3 Å². The molecule has 2 aromatic heterocycles. The number of rotatable bonds is 4. The number of carbonyl (C=O) groups excluding carboxylic acids is 1. The van der Waals surface area contributed by atoms with Crippen LogP contribution < -0.4 is 5.32 Å². The fourth-order valence-electron chi connectivity index (χ4n) is 3.85. The summed E-state index contributed by atoms with van der Waals surface area (Å²) in [6, 6.07) is 7.85. The van der Waals surface area contributed by atoms with Crippen LogP contribution in [0.5, 0.6) is 0 Å². The number of anilines is 1. The Morgan fingerprint density at radius 3 is 3.00 bits per heavy atom. The van der Waals surface area contributed by atoms with Gasteiger partial charge in [0.05, 0.1) is 6.54 Å². The van der Waals surface area contributed by atoms with Crippen molar-refractivity contribution >= 4 is 11.7 Å². The van der Waals surface area contributed by atoms with E-state index in [0.29, 0.717) is 30.6 Å². The van der Waals surface area contributed by atoms with E-state index in [2.05, 4.69) is 33.5 Å². The van der Waals surface area contributed by atoms with Crippen molar-refractivity contribution in [3.8, 4) is 11.6 Å². The zero-order valence-corrected chi connectivity index (χ0v) is 16.7. The molecule has 2 amide bonds. The highest BCUT2D eigenvalue weighted by Crippen LogP contribution is 2.39. The van der Waals surface area contributed by atoms with Gasteiger partial charge in [0.25, 0.3) is 5.89 Å². The minimum absolute atomic E-state index is 0.108. The van der Waals surface area contributed by atoms with Crippen molar-refractivity contribution in [2.24, 2.45) is 7.05 Å².